The summed E-state index contributed by atoms with van der Waals surface area (Å²) in [6, 6.07) is 17.9. The molecule has 2 N–H and O–H groups in total. The summed E-state index contributed by atoms with van der Waals surface area (Å²) in [6.45, 7) is 0.220. The van der Waals surface area contributed by atoms with Gasteiger partial charge in [0.2, 0.25) is 5.91 Å². The lowest BCUT2D eigenvalue weighted by Crippen LogP contribution is -2.26. The van der Waals surface area contributed by atoms with E-state index in [0.717, 1.165) is 22.2 Å². The monoisotopic (exact) mass is 482 g/mol. The van der Waals surface area contributed by atoms with Gasteiger partial charge in [0, 0.05) is 24.1 Å². The lowest BCUT2D eigenvalue weighted by atomic mass is 10.1. The summed E-state index contributed by atoms with van der Waals surface area (Å²) in [5.74, 6) is -0.611. The molecule has 3 aromatic carbocycles. The number of fused-ring (bicyclic) bond motifs is 1. The third-order valence-corrected chi connectivity index (χ3v) is 5.56. The van der Waals surface area contributed by atoms with E-state index in [1.165, 1.54) is 7.11 Å². The van der Waals surface area contributed by atoms with Crippen LogP contribution in [0.2, 0.25) is 10.0 Å². The van der Waals surface area contributed by atoms with E-state index in [9.17, 15) is 9.59 Å². The fourth-order valence-corrected chi connectivity index (χ4v) is 3.71. The van der Waals surface area contributed by atoms with Crippen molar-refractivity contribution in [3.8, 4) is 5.69 Å². The standard InChI is InChI=1S/C24H20Cl2N4O3/c1-33-14-23(31)27-12-15-5-10-20(26)18(11-15)24(32)29-21-3-2-4-22-19(21)13-28-30(22)17-8-6-16(25)7-9-17/h2-11,13H,12,14H2,1H3,(H,27,31)(H,29,32). The van der Waals surface area contributed by atoms with E-state index >= 15 is 0 Å². The van der Waals surface area contributed by atoms with Crippen LogP contribution in [0.4, 0.5) is 5.69 Å². The molecule has 0 aliphatic carbocycles. The van der Waals surface area contributed by atoms with Gasteiger partial charge in [-0.3, -0.25) is 9.59 Å². The van der Waals surface area contributed by atoms with Gasteiger partial charge in [-0.1, -0.05) is 35.3 Å². The van der Waals surface area contributed by atoms with Gasteiger partial charge in [-0.05, 0) is 54.1 Å². The van der Waals surface area contributed by atoms with Gasteiger partial charge in [-0.2, -0.15) is 5.10 Å². The van der Waals surface area contributed by atoms with Gasteiger partial charge in [0.1, 0.15) is 6.61 Å². The Balaban J connectivity index is 1.57. The summed E-state index contributed by atoms with van der Waals surface area (Å²) in [5, 5.41) is 11.8. The zero-order chi connectivity index (χ0) is 23.4. The van der Waals surface area contributed by atoms with E-state index in [0.29, 0.717) is 21.3 Å². The summed E-state index contributed by atoms with van der Waals surface area (Å²) in [5.41, 5.74) is 3.33. The van der Waals surface area contributed by atoms with Crippen molar-refractivity contribution in [2.24, 2.45) is 0 Å². The minimum absolute atomic E-state index is 0.0331. The molecule has 0 atom stereocenters. The molecule has 4 aromatic rings. The van der Waals surface area contributed by atoms with Crippen LogP contribution in [0.1, 0.15) is 15.9 Å². The van der Waals surface area contributed by atoms with E-state index in [2.05, 4.69) is 15.7 Å². The Morgan fingerprint density at radius 3 is 2.61 bits per heavy atom. The molecule has 0 aliphatic heterocycles. The molecule has 168 valence electrons. The quantitative estimate of drug-likeness (QED) is 0.394. The number of benzene rings is 3. The molecule has 0 aliphatic rings. The number of hydrogen-bond donors (Lipinski definition) is 2. The highest BCUT2D eigenvalue weighted by molar-refractivity contribution is 6.34. The van der Waals surface area contributed by atoms with E-state index < -0.39 is 0 Å². The van der Waals surface area contributed by atoms with Crippen LogP contribution in [0.5, 0.6) is 0 Å². The SMILES string of the molecule is COCC(=O)NCc1ccc(Cl)c(C(=O)Nc2cccc3c2cnn3-c2ccc(Cl)cc2)c1. The maximum absolute atomic E-state index is 13.0. The smallest absolute Gasteiger partial charge is 0.257 e. The van der Waals surface area contributed by atoms with Gasteiger partial charge < -0.3 is 15.4 Å². The van der Waals surface area contributed by atoms with E-state index in [1.54, 1.807) is 47.3 Å². The molecule has 0 saturated carbocycles. The molecule has 4 rings (SSSR count). The van der Waals surface area contributed by atoms with Crippen molar-refractivity contribution in [2.45, 2.75) is 6.54 Å². The number of ether oxygens (including phenoxy) is 1. The second kappa shape index (κ2) is 10.0. The average Bonchev–Trinajstić information content (AvgIpc) is 3.24. The Morgan fingerprint density at radius 1 is 1.06 bits per heavy atom. The van der Waals surface area contributed by atoms with Crippen molar-refractivity contribution in [1.29, 1.82) is 0 Å². The van der Waals surface area contributed by atoms with Crippen LogP contribution in [-0.2, 0) is 16.1 Å². The Hall–Kier alpha value is -3.39. The number of aromatic nitrogens is 2. The minimum Gasteiger partial charge on any atom is -0.375 e. The van der Waals surface area contributed by atoms with Crippen molar-refractivity contribution in [1.82, 2.24) is 15.1 Å². The van der Waals surface area contributed by atoms with Crippen molar-refractivity contribution >= 4 is 51.6 Å². The van der Waals surface area contributed by atoms with E-state index in [1.807, 2.05) is 24.3 Å². The number of anilines is 1. The Kier molecular flexibility index (Phi) is 6.93. The highest BCUT2D eigenvalue weighted by Crippen LogP contribution is 2.27. The predicted octanol–water partition coefficient (Wildman–Crippen LogP) is 4.85. The largest absolute Gasteiger partial charge is 0.375 e. The van der Waals surface area contributed by atoms with Crippen molar-refractivity contribution < 1.29 is 14.3 Å². The molecule has 1 aromatic heterocycles. The second-order valence-electron chi connectivity index (χ2n) is 7.25. The minimum atomic E-state index is -0.364. The summed E-state index contributed by atoms with van der Waals surface area (Å²) in [7, 11) is 1.45. The fraction of sp³-hybridized carbons (Fsp3) is 0.125. The van der Waals surface area contributed by atoms with Gasteiger partial charge in [0.25, 0.3) is 5.91 Å². The molecular weight excluding hydrogens is 463 g/mol. The molecule has 7 nitrogen and oxygen atoms in total. The lowest BCUT2D eigenvalue weighted by Gasteiger charge is -2.11. The van der Waals surface area contributed by atoms with Crippen molar-refractivity contribution in [3.05, 3.63) is 88.0 Å². The predicted molar refractivity (Wildman–Crippen MR) is 129 cm³/mol. The molecule has 0 radical (unpaired) electrons. The van der Waals surface area contributed by atoms with Crippen LogP contribution in [0, 0.1) is 0 Å². The van der Waals surface area contributed by atoms with Crippen LogP contribution in [-0.4, -0.2) is 35.3 Å². The summed E-state index contributed by atoms with van der Waals surface area (Å²) in [6.07, 6.45) is 1.70. The number of halogens is 2. The van der Waals surface area contributed by atoms with Crippen molar-refractivity contribution in [2.75, 3.05) is 19.0 Å². The number of amides is 2. The number of nitrogens with zero attached hydrogens (tertiary/aromatic N) is 2. The van der Waals surface area contributed by atoms with Gasteiger partial charge in [0.15, 0.2) is 0 Å². The number of rotatable bonds is 7. The topological polar surface area (TPSA) is 85.2 Å². The first-order chi connectivity index (χ1) is 16.0. The summed E-state index contributed by atoms with van der Waals surface area (Å²) >= 11 is 12.3. The fourth-order valence-electron chi connectivity index (χ4n) is 3.38. The van der Waals surface area contributed by atoms with Gasteiger partial charge in [-0.25, -0.2) is 4.68 Å². The summed E-state index contributed by atoms with van der Waals surface area (Å²) in [4.78, 5) is 24.7. The van der Waals surface area contributed by atoms with Crippen LogP contribution < -0.4 is 10.6 Å². The molecule has 33 heavy (non-hydrogen) atoms. The maximum Gasteiger partial charge on any atom is 0.257 e. The third-order valence-electron chi connectivity index (χ3n) is 4.97. The third kappa shape index (κ3) is 5.17. The second-order valence-corrected chi connectivity index (χ2v) is 8.09. The number of hydrogen-bond acceptors (Lipinski definition) is 4. The molecule has 0 fully saturated rings. The molecule has 0 unspecified atom stereocenters. The van der Waals surface area contributed by atoms with Crippen LogP contribution in [0.15, 0.2) is 66.9 Å². The zero-order valence-electron chi connectivity index (χ0n) is 17.6. The molecular formula is C24H20Cl2N4O3. The van der Waals surface area contributed by atoms with Crippen LogP contribution in [0.25, 0.3) is 16.6 Å². The van der Waals surface area contributed by atoms with E-state index in [-0.39, 0.29) is 25.0 Å². The first-order valence-corrected chi connectivity index (χ1v) is 10.8. The molecule has 0 spiro atoms. The van der Waals surface area contributed by atoms with Crippen LogP contribution >= 0.6 is 23.2 Å². The Labute approximate surface area is 200 Å². The van der Waals surface area contributed by atoms with Gasteiger partial charge in [0.05, 0.1) is 33.7 Å². The molecule has 0 saturated heterocycles. The Morgan fingerprint density at radius 2 is 1.85 bits per heavy atom. The normalized spacial score (nSPS) is 10.9. The van der Waals surface area contributed by atoms with E-state index in [4.69, 9.17) is 27.9 Å². The number of nitrogens with one attached hydrogen (secondary N) is 2. The highest BCUT2D eigenvalue weighted by atomic mass is 35.5. The van der Waals surface area contributed by atoms with Crippen LogP contribution in [0.3, 0.4) is 0 Å². The van der Waals surface area contributed by atoms with Crippen molar-refractivity contribution in [3.63, 3.8) is 0 Å². The molecule has 9 heteroatoms. The molecule has 1 heterocycles. The summed E-state index contributed by atoms with van der Waals surface area (Å²) < 4.78 is 6.58. The number of methoxy groups -OCH3 is 1. The zero-order valence-corrected chi connectivity index (χ0v) is 19.2. The number of carbonyl (C=O) groups is 2. The average molecular weight is 483 g/mol. The first-order valence-electron chi connectivity index (χ1n) is 10.0. The van der Waals surface area contributed by atoms with Gasteiger partial charge in [-0.15, -0.1) is 0 Å². The molecule has 0 bridgehead atoms. The highest BCUT2D eigenvalue weighted by Gasteiger charge is 2.15. The number of carbonyl (C=O) groups excluding carboxylic acids is 2. The first kappa shape index (κ1) is 22.8. The molecule has 2 amide bonds. The Bertz CT molecular complexity index is 1320. The maximum atomic E-state index is 13.0. The van der Waals surface area contributed by atoms with Gasteiger partial charge >= 0.3 is 0 Å². The lowest BCUT2D eigenvalue weighted by molar-refractivity contribution is -0.124.